The normalized spacial score (nSPS) is 11.0. The number of halogens is 1. The minimum Gasteiger partial charge on any atom is -0.494 e. The van der Waals surface area contributed by atoms with E-state index in [1.54, 1.807) is 41.2 Å². The molecular formula is C27H38ClN6O6+. The largest absolute Gasteiger partial charge is 0.513 e. The highest BCUT2D eigenvalue weighted by atomic mass is 35.5. The lowest BCUT2D eigenvalue weighted by Gasteiger charge is -2.08. The van der Waals surface area contributed by atoms with Gasteiger partial charge in [0.25, 0.3) is 6.73 Å². The van der Waals surface area contributed by atoms with Gasteiger partial charge in [-0.2, -0.15) is 9.83 Å². The van der Waals surface area contributed by atoms with E-state index in [-0.39, 0.29) is 19.9 Å². The van der Waals surface area contributed by atoms with E-state index in [2.05, 4.69) is 15.6 Å². The molecule has 2 aromatic rings. The van der Waals surface area contributed by atoms with Crippen molar-refractivity contribution in [1.29, 1.82) is 5.26 Å². The van der Waals surface area contributed by atoms with Gasteiger partial charge in [-0.1, -0.05) is 18.0 Å². The number of unbranched alkanes of at least 4 members (excludes halogenated alkanes) is 3. The lowest BCUT2D eigenvalue weighted by Crippen LogP contribution is -2.36. The van der Waals surface area contributed by atoms with E-state index in [1.165, 1.54) is 0 Å². The molecule has 1 aromatic carbocycles. The van der Waals surface area contributed by atoms with Crippen LogP contribution in [0.4, 0.5) is 10.5 Å². The van der Waals surface area contributed by atoms with E-state index < -0.39 is 6.16 Å². The van der Waals surface area contributed by atoms with E-state index in [0.717, 1.165) is 31.4 Å². The highest BCUT2D eigenvalue weighted by Crippen LogP contribution is 2.16. The molecule has 40 heavy (non-hydrogen) atoms. The first kappa shape index (κ1) is 32.6. The van der Waals surface area contributed by atoms with Crippen LogP contribution < -0.4 is 25.7 Å². The van der Waals surface area contributed by atoms with E-state index >= 15 is 0 Å². The maximum absolute atomic E-state index is 11.7. The Kier molecular flexibility index (Phi) is 17.3. The van der Waals surface area contributed by atoms with Crippen molar-refractivity contribution in [3.63, 3.8) is 0 Å². The van der Waals surface area contributed by atoms with Crippen molar-refractivity contribution in [1.82, 2.24) is 5.32 Å². The van der Waals surface area contributed by atoms with Gasteiger partial charge >= 0.3 is 6.16 Å². The second kappa shape index (κ2) is 21.2. The molecule has 13 heteroatoms. The number of benzene rings is 1. The molecule has 0 saturated heterocycles. The summed E-state index contributed by atoms with van der Waals surface area (Å²) >= 11 is 5.87. The number of hydrogen-bond acceptors (Lipinski definition) is 9. The molecule has 0 aliphatic heterocycles. The number of nitrogens with zero attached hydrogens (tertiary/aromatic N) is 3. The predicted molar refractivity (Wildman–Crippen MR) is 150 cm³/mol. The number of guanidine groups is 1. The molecule has 1 heterocycles. The summed E-state index contributed by atoms with van der Waals surface area (Å²) in [5, 5.41) is 15.4. The third kappa shape index (κ3) is 15.7. The number of anilines is 1. The Bertz CT molecular complexity index is 1030. The number of aliphatic imine (C=N–C) groups is 1. The lowest BCUT2D eigenvalue weighted by molar-refractivity contribution is -0.727. The zero-order valence-electron chi connectivity index (χ0n) is 22.6. The minimum absolute atomic E-state index is 0.0188. The summed E-state index contributed by atoms with van der Waals surface area (Å²) in [6, 6.07) is 10.9. The topological polar surface area (TPSA) is 153 Å². The van der Waals surface area contributed by atoms with Crippen LogP contribution in [0.5, 0.6) is 5.75 Å². The number of carbonyl (C=O) groups excluding carboxylic acids is 1. The van der Waals surface area contributed by atoms with Crippen LogP contribution in [0.3, 0.4) is 0 Å². The van der Waals surface area contributed by atoms with Gasteiger partial charge in [-0.15, -0.1) is 0 Å². The van der Waals surface area contributed by atoms with E-state index in [1.807, 2.05) is 18.3 Å². The first-order chi connectivity index (χ1) is 19.6. The van der Waals surface area contributed by atoms with Crippen LogP contribution in [0.15, 0.2) is 53.8 Å². The molecule has 4 N–H and O–H groups in total. The van der Waals surface area contributed by atoms with Crippen molar-refractivity contribution >= 4 is 29.4 Å². The molecule has 2 rings (SSSR count). The van der Waals surface area contributed by atoms with Crippen LogP contribution >= 0.6 is 11.6 Å². The Morgan fingerprint density at radius 1 is 0.925 bits per heavy atom. The van der Waals surface area contributed by atoms with Gasteiger partial charge in [-0.3, -0.25) is 10.3 Å². The summed E-state index contributed by atoms with van der Waals surface area (Å²) in [5.74, 6) is 1.17. The maximum atomic E-state index is 11.7. The number of hydrogen-bond donors (Lipinski definition) is 3. The molecule has 0 aliphatic carbocycles. The fraction of sp³-hybridized carbons (Fsp3) is 0.481. The zero-order valence-corrected chi connectivity index (χ0v) is 23.3. The fourth-order valence-corrected chi connectivity index (χ4v) is 3.29. The summed E-state index contributed by atoms with van der Waals surface area (Å²) in [6.45, 7) is 3.31. The summed E-state index contributed by atoms with van der Waals surface area (Å²) in [4.78, 5) is 16.2. The molecule has 0 fully saturated rings. The Hall–Kier alpha value is -3.63. The average molecular weight is 578 g/mol. The molecule has 0 radical (unpaired) electrons. The molecule has 0 saturated carbocycles. The zero-order chi connectivity index (χ0) is 28.7. The summed E-state index contributed by atoms with van der Waals surface area (Å²) in [7, 11) is 0. The molecule has 0 amide bonds. The second-order valence-corrected chi connectivity index (χ2v) is 8.73. The van der Waals surface area contributed by atoms with Crippen LogP contribution in [0.1, 0.15) is 25.7 Å². The quantitative estimate of drug-likeness (QED) is 0.0431. The minimum atomic E-state index is -0.792. The molecule has 12 nitrogen and oxygen atoms in total. The van der Waals surface area contributed by atoms with Crippen LogP contribution in [0.2, 0.25) is 5.02 Å². The standard InChI is InChI=1S/C27H37ClN6O6/c28-23-5-7-25(8-6-23)38-15-4-2-1-3-12-31-26(32-21-30)33-24-9-13-34(14-10-24)22-40-27(35)39-20-19-37-18-17-36-16-11-29/h5-10,13-14H,1-4,11-12,15-20,22,29H2,(H,31,32)/p+1. The summed E-state index contributed by atoms with van der Waals surface area (Å²) in [5.41, 5.74) is 6.03. The van der Waals surface area contributed by atoms with Crippen molar-refractivity contribution in [2.75, 3.05) is 58.0 Å². The molecule has 218 valence electrons. The van der Waals surface area contributed by atoms with Crippen LogP contribution in [-0.2, 0) is 25.7 Å². The van der Waals surface area contributed by atoms with Gasteiger partial charge < -0.3 is 34.7 Å². The summed E-state index contributed by atoms with van der Waals surface area (Å²) in [6.07, 6.45) is 8.38. The third-order valence-corrected chi connectivity index (χ3v) is 5.40. The van der Waals surface area contributed by atoms with Crippen LogP contribution in [-0.4, -0.2) is 64.8 Å². The van der Waals surface area contributed by atoms with Crippen molar-refractivity contribution in [2.24, 2.45) is 10.7 Å². The summed E-state index contributed by atoms with van der Waals surface area (Å²) < 4.78 is 27.8. The molecule has 0 aliphatic rings. The molecule has 0 unspecified atom stereocenters. The van der Waals surface area contributed by atoms with Crippen molar-refractivity contribution in [2.45, 2.75) is 32.4 Å². The maximum Gasteiger partial charge on any atom is 0.513 e. The number of pyridine rings is 1. The van der Waals surface area contributed by atoms with Gasteiger partial charge in [-0.25, -0.2) is 4.79 Å². The molecular weight excluding hydrogens is 540 g/mol. The van der Waals surface area contributed by atoms with Gasteiger partial charge in [0.2, 0.25) is 5.96 Å². The van der Waals surface area contributed by atoms with Crippen LogP contribution in [0, 0.1) is 11.5 Å². The highest BCUT2D eigenvalue weighted by molar-refractivity contribution is 6.30. The third-order valence-electron chi connectivity index (χ3n) is 5.15. The number of nitrogens with two attached hydrogens (primary N) is 1. The number of ether oxygens (including phenoxy) is 5. The molecule has 1 aromatic heterocycles. The Balaban J connectivity index is 1.58. The van der Waals surface area contributed by atoms with Gasteiger partial charge in [0.1, 0.15) is 12.4 Å². The Morgan fingerprint density at radius 3 is 2.35 bits per heavy atom. The first-order valence-corrected chi connectivity index (χ1v) is 13.5. The Labute approximate surface area is 240 Å². The van der Waals surface area contributed by atoms with Gasteiger partial charge in [0.05, 0.1) is 38.7 Å². The van der Waals surface area contributed by atoms with Gasteiger partial charge in [0, 0.05) is 30.2 Å². The predicted octanol–water partition coefficient (Wildman–Crippen LogP) is 3.21. The lowest BCUT2D eigenvalue weighted by atomic mass is 10.2. The molecule has 0 bridgehead atoms. The monoisotopic (exact) mass is 577 g/mol. The SMILES string of the molecule is N#CNC(=NCCCCCCOc1ccc(Cl)cc1)Nc1cc[n+](COC(=O)OCCOCCOCCN)cc1. The van der Waals surface area contributed by atoms with Crippen molar-refractivity contribution < 1.29 is 33.0 Å². The van der Waals surface area contributed by atoms with Gasteiger partial charge in [0.15, 0.2) is 18.6 Å². The van der Waals surface area contributed by atoms with E-state index in [0.29, 0.717) is 56.2 Å². The fourth-order valence-electron chi connectivity index (χ4n) is 3.16. The average Bonchev–Trinajstić information content (AvgIpc) is 2.96. The van der Waals surface area contributed by atoms with E-state index in [4.69, 9.17) is 46.3 Å². The highest BCUT2D eigenvalue weighted by Gasteiger charge is 2.09. The smallest absolute Gasteiger partial charge is 0.494 e. The number of rotatable bonds is 19. The number of nitrogens with one attached hydrogen (secondary N) is 2. The van der Waals surface area contributed by atoms with Crippen molar-refractivity contribution in [3.8, 4) is 11.9 Å². The second-order valence-electron chi connectivity index (χ2n) is 8.30. The van der Waals surface area contributed by atoms with Gasteiger partial charge in [-0.05, 0) is 43.5 Å². The molecule has 0 spiro atoms. The number of nitriles is 1. The first-order valence-electron chi connectivity index (χ1n) is 13.1. The van der Waals surface area contributed by atoms with Crippen LogP contribution in [0.25, 0.3) is 0 Å². The Morgan fingerprint density at radius 2 is 1.62 bits per heavy atom. The van der Waals surface area contributed by atoms with E-state index in [9.17, 15) is 4.79 Å². The van der Waals surface area contributed by atoms with Crippen molar-refractivity contribution in [3.05, 3.63) is 53.8 Å². The number of carbonyl (C=O) groups is 1. The number of aromatic nitrogens is 1. The molecule has 0 atom stereocenters.